The minimum Gasteiger partial charge on any atom is -0.445 e. The number of fused-ring (bicyclic) bond motifs is 1. The smallest absolute Gasteiger partial charge is 0.416 e. The zero-order valence-electron chi connectivity index (χ0n) is 32.3. The van der Waals surface area contributed by atoms with E-state index in [9.17, 15) is 37.1 Å². The van der Waals surface area contributed by atoms with E-state index in [-0.39, 0.29) is 37.4 Å². The number of carbonyl (C=O) groups excluding carboxylic acids is 5. The van der Waals surface area contributed by atoms with Gasteiger partial charge in [0.15, 0.2) is 5.58 Å². The number of amides is 4. The van der Waals surface area contributed by atoms with Crippen LogP contribution in [0, 0.1) is 0 Å². The fourth-order valence-electron chi connectivity index (χ4n) is 7.33. The van der Waals surface area contributed by atoms with Crippen molar-refractivity contribution < 1.29 is 51.0 Å². The number of likely N-dealkylation sites (tertiary alicyclic amines) is 2. The van der Waals surface area contributed by atoms with Crippen molar-refractivity contribution in [3.63, 3.8) is 0 Å². The van der Waals surface area contributed by atoms with Crippen LogP contribution in [0.2, 0.25) is 0 Å². The number of Topliss-reactive ketones (excluding diaryl/α,β-unsaturated/α-hetero) is 1. The Balaban J connectivity index is 1.29. The van der Waals surface area contributed by atoms with Crippen molar-refractivity contribution >= 4 is 40.9 Å². The maximum atomic E-state index is 14.7. The second-order valence-electron chi connectivity index (χ2n) is 14.6. The molecule has 4 aromatic rings. The first-order valence-electron chi connectivity index (χ1n) is 19.7. The highest BCUT2D eigenvalue weighted by molar-refractivity contribution is 6.01. The fraction of sp³-hybridized carbons (Fsp3) is 0.429. The molecule has 0 bridgehead atoms. The summed E-state index contributed by atoms with van der Waals surface area (Å²) >= 11 is 0. The molecule has 17 heteroatoms. The third-order valence-corrected chi connectivity index (χ3v) is 10.4. The van der Waals surface area contributed by atoms with Gasteiger partial charge in [0, 0.05) is 25.9 Å². The number of nitrogens with one attached hydrogen (secondary N) is 2. The highest BCUT2D eigenvalue weighted by Gasteiger charge is 2.45. The summed E-state index contributed by atoms with van der Waals surface area (Å²) in [5.74, 6) is -2.59. The van der Waals surface area contributed by atoms with Gasteiger partial charge in [-0.1, -0.05) is 60.7 Å². The van der Waals surface area contributed by atoms with Crippen LogP contribution >= 0.6 is 0 Å². The van der Waals surface area contributed by atoms with Gasteiger partial charge in [0.2, 0.25) is 17.6 Å². The third kappa shape index (κ3) is 11.2. The number of halogens is 3. The largest absolute Gasteiger partial charge is 0.445 e. The first kappa shape index (κ1) is 42.6. The van der Waals surface area contributed by atoms with Gasteiger partial charge >= 0.3 is 18.4 Å². The Morgan fingerprint density at radius 2 is 1.59 bits per heavy atom. The Morgan fingerprint density at radius 1 is 0.881 bits per heavy atom. The number of rotatable bonds is 15. The number of aromatic nitrogens is 1. The van der Waals surface area contributed by atoms with Crippen LogP contribution in [0.5, 0.6) is 0 Å². The number of carbonyl (C=O) groups is 5. The van der Waals surface area contributed by atoms with Crippen molar-refractivity contribution in [2.45, 2.75) is 88.4 Å². The van der Waals surface area contributed by atoms with Crippen molar-refractivity contribution in [2.75, 3.05) is 26.2 Å². The predicted molar refractivity (Wildman–Crippen MR) is 208 cm³/mol. The molecule has 2 fully saturated rings. The standard InChI is InChI=1S/C42H47F3N6O8/c43-42(44,45)30-16-6-5-15-28(30)23-33(49-40(55)57-26-27-13-3-1-4-14-27)39(54)51-25-29(58-41(56)50-21-11-2-12-22-50)24-34(51)37(53)47-32(18-9-10-20-46)36(52)38-48-31-17-7-8-19-35(31)59-38/h1,3-8,13-17,19,29,32-34H,2,9-12,18,20-26,46H2,(H,47,53)(H,49,55)/t29-,32+,33-,34+/m1/s1. The van der Waals surface area contributed by atoms with Gasteiger partial charge in [0.25, 0.3) is 5.89 Å². The minimum absolute atomic E-state index is 0.139. The van der Waals surface area contributed by atoms with Crippen LogP contribution in [0.25, 0.3) is 11.1 Å². The molecule has 2 aliphatic rings. The van der Waals surface area contributed by atoms with Crippen molar-refractivity contribution in [3.8, 4) is 0 Å². The summed E-state index contributed by atoms with van der Waals surface area (Å²) in [5, 5.41) is 5.18. The SMILES string of the molecule is NCCCC[C@H](NC(=O)[C@@H]1C[C@@H](OC(=O)N2CCCCC2)CN1C(=O)[C@@H](Cc1ccccc1C(F)(F)F)NC(=O)OCc1ccccc1)C(=O)c1nc2ccccc2o1. The summed E-state index contributed by atoms with van der Waals surface area (Å²) < 4.78 is 59.5. The number of oxazole rings is 1. The third-order valence-electron chi connectivity index (χ3n) is 10.4. The molecule has 0 saturated carbocycles. The minimum atomic E-state index is -4.79. The van der Waals surface area contributed by atoms with Gasteiger partial charge in [0.05, 0.1) is 18.2 Å². The molecular weight excluding hydrogens is 773 g/mol. The van der Waals surface area contributed by atoms with E-state index >= 15 is 0 Å². The molecule has 4 N–H and O–H groups in total. The first-order valence-corrected chi connectivity index (χ1v) is 19.7. The van der Waals surface area contributed by atoms with Gasteiger partial charge < -0.3 is 40.1 Å². The zero-order valence-corrected chi connectivity index (χ0v) is 32.3. The maximum absolute atomic E-state index is 14.7. The van der Waals surface area contributed by atoms with Gasteiger partial charge in [-0.2, -0.15) is 13.2 Å². The lowest BCUT2D eigenvalue weighted by Crippen LogP contribution is -2.56. The summed E-state index contributed by atoms with van der Waals surface area (Å²) in [6, 6.07) is 15.8. The van der Waals surface area contributed by atoms with Gasteiger partial charge in [-0.3, -0.25) is 14.4 Å². The number of alkyl carbamates (subject to hydrolysis) is 1. The Morgan fingerprint density at radius 3 is 2.32 bits per heavy atom. The topological polar surface area (TPSA) is 186 Å². The molecule has 3 heterocycles. The van der Waals surface area contributed by atoms with E-state index in [0.29, 0.717) is 49.1 Å². The van der Waals surface area contributed by atoms with E-state index < -0.39 is 72.2 Å². The predicted octanol–water partition coefficient (Wildman–Crippen LogP) is 5.77. The number of para-hydroxylation sites is 2. The van der Waals surface area contributed by atoms with Gasteiger partial charge in [-0.25, -0.2) is 14.6 Å². The Labute approximate surface area is 338 Å². The van der Waals surface area contributed by atoms with Gasteiger partial charge in [-0.15, -0.1) is 0 Å². The number of nitrogens with two attached hydrogens (primary N) is 1. The lowest BCUT2D eigenvalue weighted by Gasteiger charge is -2.30. The normalized spacial score (nSPS) is 17.9. The molecule has 0 aliphatic carbocycles. The molecule has 1 aromatic heterocycles. The van der Waals surface area contributed by atoms with E-state index in [0.717, 1.165) is 30.2 Å². The number of alkyl halides is 3. The summed E-state index contributed by atoms with van der Waals surface area (Å²) in [4.78, 5) is 76.2. The molecule has 14 nitrogen and oxygen atoms in total. The Kier molecular flexibility index (Phi) is 14.2. The summed E-state index contributed by atoms with van der Waals surface area (Å²) in [7, 11) is 0. The number of ether oxygens (including phenoxy) is 2. The molecule has 0 radical (unpaired) electrons. The number of hydrogen-bond acceptors (Lipinski definition) is 10. The van der Waals surface area contributed by atoms with E-state index in [1.54, 1.807) is 54.6 Å². The molecule has 0 unspecified atom stereocenters. The molecule has 4 amide bonds. The molecule has 314 valence electrons. The maximum Gasteiger partial charge on any atom is 0.416 e. The monoisotopic (exact) mass is 820 g/mol. The zero-order chi connectivity index (χ0) is 41.9. The van der Waals surface area contributed by atoms with E-state index in [1.807, 2.05) is 0 Å². The van der Waals surface area contributed by atoms with E-state index in [2.05, 4.69) is 15.6 Å². The average Bonchev–Trinajstić information content (AvgIpc) is 3.87. The molecule has 3 aromatic carbocycles. The molecule has 2 saturated heterocycles. The Hall–Kier alpha value is -5.97. The van der Waals surface area contributed by atoms with Crippen LogP contribution in [0.1, 0.15) is 72.3 Å². The lowest BCUT2D eigenvalue weighted by molar-refractivity contribution is -0.141. The van der Waals surface area contributed by atoms with Crippen LogP contribution in [0.3, 0.4) is 0 Å². The van der Waals surface area contributed by atoms with Crippen LogP contribution in [-0.2, 0) is 38.3 Å². The summed E-state index contributed by atoms with van der Waals surface area (Å²) in [6.45, 7) is 0.736. The van der Waals surface area contributed by atoms with Crippen molar-refractivity contribution in [1.82, 2.24) is 25.4 Å². The quantitative estimate of drug-likeness (QED) is 0.0982. The Bertz CT molecular complexity index is 2060. The molecule has 0 spiro atoms. The number of piperidine rings is 1. The lowest BCUT2D eigenvalue weighted by atomic mass is 9.98. The van der Waals surface area contributed by atoms with Gasteiger partial charge in [0.1, 0.15) is 30.3 Å². The number of ketones is 1. The molecule has 59 heavy (non-hydrogen) atoms. The molecule has 6 rings (SSSR count). The van der Waals surface area contributed by atoms with Crippen molar-refractivity contribution in [3.05, 3.63) is 101 Å². The van der Waals surface area contributed by atoms with Crippen LogP contribution < -0.4 is 16.4 Å². The van der Waals surface area contributed by atoms with E-state index in [1.165, 1.54) is 23.1 Å². The fourth-order valence-corrected chi connectivity index (χ4v) is 7.33. The summed E-state index contributed by atoms with van der Waals surface area (Å²) in [5.41, 5.74) is 5.83. The van der Waals surface area contributed by atoms with Crippen molar-refractivity contribution in [1.29, 1.82) is 0 Å². The number of nitrogens with zero attached hydrogens (tertiary/aromatic N) is 3. The molecular formula is C42H47F3N6O8. The highest BCUT2D eigenvalue weighted by atomic mass is 19.4. The molecule has 4 atom stereocenters. The van der Waals surface area contributed by atoms with E-state index in [4.69, 9.17) is 19.6 Å². The second-order valence-corrected chi connectivity index (χ2v) is 14.6. The number of unbranched alkanes of at least 4 members (excludes halogenated alkanes) is 1. The second kappa shape index (κ2) is 19.7. The van der Waals surface area contributed by atoms with Gasteiger partial charge in [-0.05, 0) is 74.4 Å². The number of benzene rings is 3. The highest BCUT2D eigenvalue weighted by Crippen LogP contribution is 2.33. The number of hydrogen-bond donors (Lipinski definition) is 3. The summed E-state index contributed by atoms with van der Waals surface area (Å²) in [6.07, 6.45) is -4.74. The van der Waals surface area contributed by atoms with Crippen LogP contribution in [0.4, 0.5) is 22.8 Å². The van der Waals surface area contributed by atoms with Crippen molar-refractivity contribution in [2.24, 2.45) is 5.73 Å². The first-order chi connectivity index (χ1) is 28.4. The average molecular weight is 821 g/mol. The molecule has 2 aliphatic heterocycles. The van der Waals surface area contributed by atoms with Crippen LogP contribution in [0.15, 0.2) is 83.3 Å². The van der Waals surface area contributed by atoms with Crippen LogP contribution in [-0.4, -0.2) is 95.0 Å².